The van der Waals surface area contributed by atoms with Gasteiger partial charge >= 0.3 is 6.03 Å². The smallest absolute Gasteiger partial charge is 0.324 e. The molecule has 36 heavy (non-hydrogen) atoms. The Morgan fingerprint density at radius 3 is 2.42 bits per heavy atom. The molecule has 2 aromatic carbocycles. The molecular weight excluding hydrogens is 456 g/mol. The summed E-state index contributed by atoms with van der Waals surface area (Å²) in [7, 11) is 0. The molecule has 4 heterocycles. The van der Waals surface area contributed by atoms with Gasteiger partial charge in [-0.25, -0.2) is 4.79 Å². The zero-order valence-electron chi connectivity index (χ0n) is 20.2. The van der Waals surface area contributed by atoms with Crippen molar-refractivity contribution in [2.24, 2.45) is 0 Å². The maximum atomic E-state index is 13.6. The van der Waals surface area contributed by atoms with Crippen LogP contribution in [0.2, 0.25) is 0 Å². The summed E-state index contributed by atoms with van der Waals surface area (Å²) in [5.41, 5.74) is 4.76. The average molecular weight is 487 g/mol. The summed E-state index contributed by atoms with van der Waals surface area (Å²) in [6, 6.07) is 15.9. The largest absolute Gasteiger partial charge is 0.378 e. The predicted octanol–water partition coefficient (Wildman–Crippen LogP) is 3.45. The van der Waals surface area contributed by atoms with Crippen LogP contribution < -0.4 is 9.80 Å². The van der Waals surface area contributed by atoms with E-state index >= 15 is 0 Å². The number of nitrogens with zero attached hydrogens (tertiary/aromatic N) is 5. The lowest BCUT2D eigenvalue weighted by Gasteiger charge is -2.39. The van der Waals surface area contributed by atoms with E-state index in [0.717, 1.165) is 35.6 Å². The predicted molar refractivity (Wildman–Crippen MR) is 137 cm³/mol. The van der Waals surface area contributed by atoms with Gasteiger partial charge < -0.3 is 19.4 Å². The number of carbonyl (C=O) groups excluding carboxylic acids is 2. The summed E-state index contributed by atoms with van der Waals surface area (Å²) >= 11 is 0. The van der Waals surface area contributed by atoms with E-state index in [1.807, 2.05) is 69.6 Å². The number of likely N-dealkylation sites (tertiary alicyclic amines) is 1. The van der Waals surface area contributed by atoms with E-state index in [-0.39, 0.29) is 11.9 Å². The van der Waals surface area contributed by atoms with Crippen molar-refractivity contribution in [3.05, 3.63) is 72.1 Å². The van der Waals surface area contributed by atoms with Gasteiger partial charge in [-0.05, 0) is 48.4 Å². The minimum absolute atomic E-state index is 0.0417. The number of morpholine rings is 1. The third kappa shape index (κ3) is 4.19. The summed E-state index contributed by atoms with van der Waals surface area (Å²) in [5, 5.41) is 6.94. The molecule has 3 aliphatic heterocycles. The number of para-hydroxylation sites is 2. The molecule has 186 valence electrons. The lowest BCUT2D eigenvalue weighted by atomic mass is 10.0. The molecule has 0 saturated carbocycles. The molecule has 0 spiro atoms. The third-order valence-electron chi connectivity index (χ3n) is 7.42. The van der Waals surface area contributed by atoms with E-state index in [2.05, 4.69) is 21.2 Å². The minimum atomic E-state index is 0.0417. The van der Waals surface area contributed by atoms with Gasteiger partial charge in [0.25, 0.3) is 5.91 Å². The molecule has 1 atom stereocenters. The van der Waals surface area contributed by atoms with Gasteiger partial charge in [0.15, 0.2) is 0 Å². The SMILES string of the molecule is O=C(c1ccc(N2CCN(C(=O)N3CCC(c4cn[nH]c4)C3)c3ccccc32)cc1)N1CCOCC1. The number of anilines is 3. The van der Waals surface area contributed by atoms with Crippen LogP contribution >= 0.6 is 0 Å². The van der Waals surface area contributed by atoms with Crippen LogP contribution in [0.15, 0.2) is 60.9 Å². The molecule has 1 N–H and O–H groups in total. The number of ether oxygens (including phenoxy) is 1. The maximum absolute atomic E-state index is 13.6. The summed E-state index contributed by atoms with van der Waals surface area (Å²) < 4.78 is 5.36. The fourth-order valence-corrected chi connectivity index (χ4v) is 5.42. The first-order chi connectivity index (χ1) is 17.7. The first-order valence-electron chi connectivity index (χ1n) is 12.6. The van der Waals surface area contributed by atoms with Crippen LogP contribution in [-0.4, -0.2) is 84.4 Å². The van der Waals surface area contributed by atoms with Gasteiger partial charge in [-0.1, -0.05) is 12.1 Å². The topological polar surface area (TPSA) is 85.0 Å². The van der Waals surface area contributed by atoms with Crippen molar-refractivity contribution >= 4 is 29.0 Å². The van der Waals surface area contributed by atoms with E-state index in [1.54, 1.807) is 0 Å². The second-order valence-electron chi connectivity index (χ2n) is 9.49. The highest BCUT2D eigenvalue weighted by Gasteiger charge is 2.34. The summed E-state index contributed by atoms with van der Waals surface area (Å²) in [4.78, 5) is 34.3. The quantitative estimate of drug-likeness (QED) is 0.613. The van der Waals surface area contributed by atoms with Crippen LogP contribution in [0.4, 0.5) is 21.9 Å². The number of nitrogens with one attached hydrogen (secondary N) is 1. The monoisotopic (exact) mass is 486 g/mol. The van der Waals surface area contributed by atoms with Crippen molar-refractivity contribution < 1.29 is 14.3 Å². The number of fused-ring (bicyclic) bond motifs is 1. The highest BCUT2D eigenvalue weighted by molar-refractivity contribution is 5.98. The fourth-order valence-electron chi connectivity index (χ4n) is 5.42. The Labute approximate surface area is 210 Å². The molecule has 0 aliphatic carbocycles. The average Bonchev–Trinajstić information content (AvgIpc) is 3.65. The van der Waals surface area contributed by atoms with Gasteiger partial charge in [-0.3, -0.25) is 14.8 Å². The number of aromatic amines is 1. The number of rotatable bonds is 3. The van der Waals surface area contributed by atoms with Gasteiger partial charge in [0.05, 0.1) is 30.8 Å². The lowest BCUT2D eigenvalue weighted by molar-refractivity contribution is 0.0303. The second-order valence-corrected chi connectivity index (χ2v) is 9.49. The van der Waals surface area contributed by atoms with Crippen LogP contribution in [0.3, 0.4) is 0 Å². The van der Waals surface area contributed by atoms with Crippen molar-refractivity contribution in [2.45, 2.75) is 12.3 Å². The number of H-pyrrole nitrogens is 1. The normalized spacial score (nSPS) is 19.9. The molecule has 0 radical (unpaired) electrons. The summed E-state index contributed by atoms with van der Waals surface area (Å²) in [5.74, 6) is 0.364. The minimum Gasteiger partial charge on any atom is -0.378 e. The zero-order valence-corrected chi connectivity index (χ0v) is 20.2. The van der Waals surface area contributed by atoms with Crippen LogP contribution in [0.25, 0.3) is 0 Å². The first kappa shape index (κ1) is 22.6. The number of urea groups is 1. The lowest BCUT2D eigenvalue weighted by Crippen LogP contribution is -2.48. The highest BCUT2D eigenvalue weighted by Crippen LogP contribution is 2.39. The number of amides is 3. The molecule has 0 bridgehead atoms. The van der Waals surface area contributed by atoms with E-state index in [9.17, 15) is 9.59 Å². The van der Waals surface area contributed by atoms with Crippen molar-refractivity contribution in [2.75, 3.05) is 62.3 Å². The Morgan fingerprint density at radius 2 is 1.67 bits per heavy atom. The van der Waals surface area contributed by atoms with E-state index in [0.29, 0.717) is 57.4 Å². The van der Waals surface area contributed by atoms with Crippen LogP contribution in [0, 0.1) is 0 Å². The second kappa shape index (κ2) is 9.66. The van der Waals surface area contributed by atoms with Gasteiger partial charge in [0, 0.05) is 62.6 Å². The number of hydrogen-bond acceptors (Lipinski definition) is 5. The Bertz CT molecular complexity index is 1220. The fraction of sp³-hybridized carbons (Fsp3) is 0.370. The molecule has 1 unspecified atom stereocenters. The third-order valence-corrected chi connectivity index (χ3v) is 7.42. The molecule has 2 saturated heterocycles. The van der Waals surface area contributed by atoms with Gasteiger partial charge in [-0.2, -0.15) is 5.10 Å². The Balaban J connectivity index is 1.19. The maximum Gasteiger partial charge on any atom is 0.324 e. The van der Waals surface area contributed by atoms with Gasteiger partial charge in [0.1, 0.15) is 0 Å². The van der Waals surface area contributed by atoms with Crippen LogP contribution in [-0.2, 0) is 4.74 Å². The molecule has 2 fully saturated rings. The Morgan fingerprint density at radius 1 is 0.889 bits per heavy atom. The molecule has 3 aliphatic rings. The van der Waals surface area contributed by atoms with Gasteiger partial charge in [-0.15, -0.1) is 0 Å². The van der Waals surface area contributed by atoms with Crippen LogP contribution in [0.1, 0.15) is 28.3 Å². The molecule has 3 amide bonds. The number of carbonyl (C=O) groups is 2. The standard InChI is InChI=1S/C27H30N6O3/c34-26(30-13-15-36-16-14-30)20-5-7-23(8-6-20)32-11-12-33(25-4-2-1-3-24(25)32)27(35)31-10-9-21(19-31)22-17-28-29-18-22/h1-8,17-18,21H,9-16,19H2,(H,28,29). The molecule has 9 nitrogen and oxygen atoms in total. The van der Waals surface area contributed by atoms with E-state index in [4.69, 9.17) is 4.74 Å². The molecule has 9 heteroatoms. The van der Waals surface area contributed by atoms with E-state index in [1.165, 1.54) is 0 Å². The summed E-state index contributed by atoms with van der Waals surface area (Å²) in [6.45, 7) is 5.16. The van der Waals surface area contributed by atoms with Crippen molar-refractivity contribution in [3.8, 4) is 0 Å². The van der Waals surface area contributed by atoms with Crippen molar-refractivity contribution in [1.82, 2.24) is 20.0 Å². The van der Waals surface area contributed by atoms with Crippen molar-refractivity contribution in [1.29, 1.82) is 0 Å². The first-order valence-corrected chi connectivity index (χ1v) is 12.6. The zero-order chi connectivity index (χ0) is 24.5. The summed E-state index contributed by atoms with van der Waals surface area (Å²) in [6.07, 6.45) is 4.72. The van der Waals surface area contributed by atoms with Crippen molar-refractivity contribution in [3.63, 3.8) is 0 Å². The highest BCUT2D eigenvalue weighted by atomic mass is 16.5. The Hall–Kier alpha value is -3.85. The molecule has 6 rings (SSSR count). The number of hydrogen-bond donors (Lipinski definition) is 1. The molecular formula is C27H30N6O3. The Kier molecular flexibility index (Phi) is 6.06. The van der Waals surface area contributed by atoms with Gasteiger partial charge in [0.2, 0.25) is 0 Å². The molecule has 1 aromatic heterocycles. The molecule has 3 aromatic rings. The number of aromatic nitrogens is 2. The van der Waals surface area contributed by atoms with Crippen LogP contribution in [0.5, 0.6) is 0 Å². The number of benzene rings is 2. The van der Waals surface area contributed by atoms with E-state index < -0.39 is 0 Å².